The van der Waals surface area contributed by atoms with Gasteiger partial charge in [-0.2, -0.15) is 0 Å². The van der Waals surface area contributed by atoms with Crippen LogP contribution in [0.15, 0.2) is 0 Å². The number of carboxylic acid groups (broad SMARTS) is 1. The summed E-state index contributed by atoms with van der Waals surface area (Å²) in [5, 5.41) is 8.60. The van der Waals surface area contributed by atoms with Crippen LogP contribution in [0.25, 0.3) is 0 Å². The molecule has 1 saturated heterocycles. The highest BCUT2D eigenvalue weighted by molar-refractivity contribution is 5.77. The summed E-state index contributed by atoms with van der Waals surface area (Å²) in [7, 11) is 0. The van der Waals surface area contributed by atoms with E-state index in [9.17, 15) is 14.4 Å². The maximum atomic E-state index is 11.8. The molecule has 0 aromatic rings. The van der Waals surface area contributed by atoms with Crippen molar-refractivity contribution in [2.75, 3.05) is 26.2 Å². The van der Waals surface area contributed by atoms with Crippen molar-refractivity contribution in [3.8, 4) is 0 Å². The van der Waals surface area contributed by atoms with Crippen LogP contribution >= 0.6 is 0 Å². The Labute approximate surface area is 100 Å². The van der Waals surface area contributed by atoms with Gasteiger partial charge in [0.1, 0.15) is 0 Å². The minimum Gasteiger partial charge on any atom is -0.481 e. The van der Waals surface area contributed by atoms with Crippen LogP contribution < -0.4 is 0 Å². The molecule has 0 aliphatic carbocycles. The first kappa shape index (κ1) is 13.5. The van der Waals surface area contributed by atoms with Crippen LogP contribution in [0.2, 0.25) is 0 Å². The second-order valence-electron chi connectivity index (χ2n) is 4.43. The number of nitrogens with zero attached hydrogens (tertiary/aromatic N) is 2. The molecule has 1 fully saturated rings. The van der Waals surface area contributed by atoms with Crippen LogP contribution in [0, 0.1) is 5.92 Å². The topological polar surface area (TPSA) is 77.9 Å². The molecule has 1 rings (SSSR count). The summed E-state index contributed by atoms with van der Waals surface area (Å²) in [5.41, 5.74) is 0. The van der Waals surface area contributed by atoms with Crippen LogP contribution in [0.1, 0.15) is 19.8 Å². The average Bonchev–Trinajstić information content (AvgIpc) is 2.28. The van der Waals surface area contributed by atoms with Crippen molar-refractivity contribution in [3.05, 3.63) is 0 Å². The van der Waals surface area contributed by atoms with E-state index in [-0.39, 0.29) is 24.7 Å². The first-order valence-electron chi connectivity index (χ1n) is 5.72. The minimum atomic E-state index is -0.879. The van der Waals surface area contributed by atoms with Crippen LogP contribution in [-0.2, 0) is 14.4 Å². The summed E-state index contributed by atoms with van der Waals surface area (Å²) < 4.78 is 0. The molecule has 6 heteroatoms. The summed E-state index contributed by atoms with van der Waals surface area (Å²) in [6, 6.07) is 0. The molecule has 1 N–H and O–H groups in total. The normalized spacial score (nSPS) is 17.7. The predicted molar refractivity (Wildman–Crippen MR) is 60.3 cm³/mol. The summed E-state index contributed by atoms with van der Waals surface area (Å²) in [5.74, 6) is -1.05. The molecule has 0 radical (unpaired) electrons. The van der Waals surface area contributed by atoms with E-state index >= 15 is 0 Å². The molecule has 0 unspecified atom stereocenters. The van der Waals surface area contributed by atoms with Crippen molar-refractivity contribution in [2.24, 2.45) is 5.92 Å². The van der Waals surface area contributed by atoms with Gasteiger partial charge in [0, 0.05) is 39.0 Å². The lowest BCUT2D eigenvalue weighted by atomic mass is 10.0. The van der Waals surface area contributed by atoms with Gasteiger partial charge in [-0.05, 0) is 5.92 Å². The fraction of sp³-hybridized carbons (Fsp3) is 0.727. The number of piperazine rings is 1. The van der Waals surface area contributed by atoms with E-state index in [1.165, 1.54) is 0 Å². The third-order valence-electron chi connectivity index (χ3n) is 2.86. The molecular weight excluding hydrogens is 224 g/mol. The molecule has 0 saturated carbocycles. The molecule has 0 aromatic heterocycles. The number of carbonyl (C=O) groups is 3. The van der Waals surface area contributed by atoms with Crippen molar-refractivity contribution < 1.29 is 19.5 Å². The molecule has 0 bridgehead atoms. The smallest absolute Gasteiger partial charge is 0.303 e. The van der Waals surface area contributed by atoms with Gasteiger partial charge in [-0.15, -0.1) is 0 Å². The average molecular weight is 242 g/mol. The number of hydrogen-bond donors (Lipinski definition) is 1. The van der Waals surface area contributed by atoms with Gasteiger partial charge in [0.05, 0.1) is 0 Å². The Balaban J connectivity index is 2.33. The van der Waals surface area contributed by atoms with E-state index < -0.39 is 5.97 Å². The zero-order valence-corrected chi connectivity index (χ0v) is 9.96. The molecule has 96 valence electrons. The maximum Gasteiger partial charge on any atom is 0.303 e. The zero-order chi connectivity index (χ0) is 12.8. The van der Waals surface area contributed by atoms with E-state index in [0.29, 0.717) is 26.2 Å². The number of hydrogen-bond acceptors (Lipinski definition) is 3. The van der Waals surface area contributed by atoms with Crippen LogP contribution in [0.4, 0.5) is 0 Å². The Morgan fingerprint density at radius 2 is 1.82 bits per heavy atom. The molecule has 1 aliphatic heterocycles. The van der Waals surface area contributed by atoms with Crippen LogP contribution in [0.5, 0.6) is 0 Å². The highest BCUT2D eigenvalue weighted by Crippen LogP contribution is 2.11. The van der Waals surface area contributed by atoms with Gasteiger partial charge in [-0.1, -0.05) is 6.92 Å². The maximum absolute atomic E-state index is 11.8. The third-order valence-corrected chi connectivity index (χ3v) is 2.86. The molecule has 1 atom stereocenters. The highest BCUT2D eigenvalue weighted by Gasteiger charge is 2.22. The Hall–Kier alpha value is -1.59. The van der Waals surface area contributed by atoms with Crippen LogP contribution in [0.3, 0.4) is 0 Å². The Morgan fingerprint density at radius 3 is 2.29 bits per heavy atom. The number of carboxylic acids is 1. The van der Waals surface area contributed by atoms with Gasteiger partial charge in [-0.3, -0.25) is 14.4 Å². The largest absolute Gasteiger partial charge is 0.481 e. The van der Waals surface area contributed by atoms with Gasteiger partial charge in [0.25, 0.3) is 0 Å². The van der Waals surface area contributed by atoms with Gasteiger partial charge in [-0.25, -0.2) is 0 Å². The molecular formula is C11H18N2O4. The molecule has 17 heavy (non-hydrogen) atoms. The summed E-state index contributed by atoms with van der Waals surface area (Å²) in [6.45, 7) is 3.95. The SMILES string of the molecule is C[C@@H](CC(=O)O)CC(=O)N1CCN(C=O)CC1. The van der Waals surface area contributed by atoms with Crippen molar-refractivity contribution >= 4 is 18.3 Å². The minimum absolute atomic E-state index is 0.0139. The first-order chi connectivity index (χ1) is 8.02. The highest BCUT2D eigenvalue weighted by atomic mass is 16.4. The van der Waals surface area contributed by atoms with E-state index in [4.69, 9.17) is 5.11 Å². The quantitative estimate of drug-likeness (QED) is 0.676. The molecule has 0 aromatic carbocycles. The fourth-order valence-corrected chi connectivity index (χ4v) is 1.87. The Kier molecular flexibility index (Phi) is 4.93. The van der Waals surface area contributed by atoms with Gasteiger partial charge in [0.15, 0.2) is 0 Å². The van der Waals surface area contributed by atoms with E-state index in [2.05, 4.69) is 0 Å². The number of amides is 2. The molecule has 1 heterocycles. The summed E-state index contributed by atoms with van der Waals surface area (Å²) in [6.07, 6.45) is 1.06. The van der Waals surface area contributed by atoms with Crippen molar-refractivity contribution in [2.45, 2.75) is 19.8 Å². The second kappa shape index (κ2) is 6.22. The molecule has 0 spiro atoms. The van der Waals surface area contributed by atoms with Crippen molar-refractivity contribution in [1.29, 1.82) is 0 Å². The number of aliphatic carboxylic acids is 1. The van der Waals surface area contributed by atoms with E-state index in [0.717, 1.165) is 6.41 Å². The monoisotopic (exact) mass is 242 g/mol. The van der Waals surface area contributed by atoms with E-state index in [1.54, 1.807) is 16.7 Å². The number of rotatable bonds is 5. The Bertz CT molecular complexity index is 298. The lowest BCUT2D eigenvalue weighted by Crippen LogP contribution is -2.48. The fourth-order valence-electron chi connectivity index (χ4n) is 1.87. The molecule has 6 nitrogen and oxygen atoms in total. The van der Waals surface area contributed by atoms with Crippen molar-refractivity contribution in [3.63, 3.8) is 0 Å². The lowest BCUT2D eigenvalue weighted by molar-refractivity contribution is -0.139. The predicted octanol–water partition coefficient (Wildman–Crippen LogP) is -0.212. The van der Waals surface area contributed by atoms with Gasteiger partial charge in [0.2, 0.25) is 12.3 Å². The molecule has 2 amide bonds. The van der Waals surface area contributed by atoms with Crippen LogP contribution in [-0.4, -0.2) is 59.4 Å². The number of carbonyl (C=O) groups excluding carboxylic acids is 2. The second-order valence-corrected chi connectivity index (χ2v) is 4.43. The van der Waals surface area contributed by atoms with Crippen molar-refractivity contribution in [1.82, 2.24) is 9.80 Å². The standard InChI is InChI=1S/C11H18N2O4/c1-9(7-11(16)17)6-10(15)13-4-2-12(8-14)3-5-13/h8-9H,2-7H2,1H3,(H,16,17)/t9-/m1/s1. The summed E-state index contributed by atoms with van der Waals surface area (Å²) >= 11 is 0. The first-order valence-corrected chi connectivity index (χ1v) is 5.72. The Morgan fingerprint density at radius 1 is 1.24 bits per heavy atom. The van der Waals surface area contributed by atoms with Gasteiger partial charge < -0.3 is 14.9 Å². The van der Waals surface area contributed by atoms with E-state index in [1.807, 2.05) is 0 Å². The third kappa shape index (κ3) is 4.42. The van der Waals surface area contributed by atoms with Gasteiger partial charge >= 0.3 is 5.97 Å². The molecule has 1 aliphatic rings. The lowest BCUT2D eigenvalue weighted by Gasteiger charge is -2.33. The summed E-state index contributed by atoms with van der Waals surface area (Å²) in [4.78, 5) is 36.1. The zero-order valence-electron chi connectivity index (χ0n) is 9.96.